The maximum Gasteiger partial charge on any atom is 0.229 e. The number of carbonyl (C=O) groups excluding carboxylic acids is 2. The second kappa shape index (κ2) is 6.56. The number of furan rings is 1. The molecule has 1 aromatic carbocycles. The third-order valence-corrected chi connectivity index (χ3v) is 3.87. The zero-order valence-electron chi connectivity index (χ0n) is 12.8. The molecule has 1 aliphatic rings. The van der Waals surface area contributed by atoms with E-state index >= 15 is 0 Å². The molecular formula is C17H18N2O4. The van der Waals surface area contributed by atoms with Crippen molar-refractivity contribution in [2.45, 2.75) is 13.0 Å². The van der Waals surface area contributed by atoms with Gasteiger partial charge < -0.3 is 19.4 Å². The Balaban J connectivity index is 1.58. The molecule has 3 rings (SSSR count). The summed E-state index contributed by atoms with van der Waals surface area (Å²) in [7, 11) is 1.59. The number of methoxy groups -OCH3 is 1. The molecule has 2 aromatic rings. The predicted molar refractivity (Wildman–Crippen MR) is 83.9 cm³/mol. The largest absolute Gasteiger partial charge is 0.497 e. The average molecular weight is 314 g/mol. The van der Waals surface area contributed by atoms with Crippen molar-refractivity contribution in [2.24, 2.45) is 5.92 Å². The van der Waals surface area contributed by atoms with E-state index in [0.29, 0.717) is 18.8 Å². The Labute approximate surface area is 134 Å². The number of rotatable bonds is 5. The molecule has 0 unspecified atom stereocenters. The Bertz CT molecular complexity index is 679. The van der Waals surface area contributed by atoms with E-state index in [4.69, 9.17) is 9.15 Å². The minimum absolute atomic E-state index is 0.0312. The van der Waals surface area contributed by atoms with E-state index in [1.807, 2.05) is 6.07 Å². The fourth-order valence-corrected chi connectivity index (χ4v) is 2.61. The molecule has 1 atom stereocenters. The van der Waals surface area contributed by atoms with Crippen molar-refractivity contribution in [2.75, 3.05) is 19.0 Å². The van der Waals surface area contributed by atoms with Crippen LogP contribution in [0, 0.1) is 5.92 Å². The van der Waals surface area contributed by atoms with Crippen LogP contribution in [-0.2, 0) is 16.1 Å². The van der Waals surface area contributed by atoms with Gasteiger partial charge in [0.15, 0.2) is 0 Å². The molecule has 0 saturated carbocycles. The van der Waals surface area contributed by atoms with Crippen LogP contribution in [0.2, 0.25) is 0 Å². The first-order valence-electron chi connectivity index (χ1n) is 7.41. The minimum atomic E-state index is -0.348. The van der Waals surface area contributed by atoms with Crippen LogP contribution in [-0.4, -0.2) is 30.4 Å². The van der Waals surface area contributed by atoms with Gasteiger partial charge in [0, 0.05) is 18.7 Å². The van der Waals surface area contributed by atoms with Gasteiger partial charge in [-0.3, -0.25) is 9.59 Å². The van der Waals surface area contributed by atoms with Crippen LogP contribution in [0.15, 0.2) is 47.1 Å². The number of carbonyl (C=O) groups is 2. The first-order valence-corrected chi connectivity index (χ1v) is 7.41. The smallest absolute Gasteiger partial charge is 0.229 e. The fraction of sp³-hybridized carbons (Fsp3) is 0.294. The van der Waals surface area contributed by atoms with Crippen molar-refractivity contribution in [3.8, 4) is 5.75 Å². The second-order valence-electron chi connectivity index (χ2n) is 5.47. The SMILES string of the molecule is COc1ccc(NC(=O)[C@H]2CC(=O)N(Cc3ccco3)C2)cc1. The quantitative estimate of drug-likeness (QED) is 0.919. The summed E-state index contributed by atoms with van der Waals surface area (Å²) in [5.74, 6) is 0.916. The van der Waals surface area contributed by atoms with E-state index in [2.05, 4.69) is 5.32 Å². The minimum Gasteiger partial charge on any atom is -0.497 e. The molecular weight excluding hydrogens is 296 g/mol. The van der Waals surface area contributed by atoms with Gasteiger partial charge in [0.25, 0.3) is 0 Å². The normalized spacial score (nSPS) is 17.3. The summed E-state index contributed by atoms with van der Waals surface area (Å²) in [6, 6.07) is 10.7. The van der Waals surface area contributed by atoms with Crippen molar-refractivity contribution in [1.82, 2.24) is 4.90 Å². The Hall–Kier alpha value is -2.76. The summed E-state index contributed by atoms with van der Waals surface area (Å²) >= 11 is 0. The molecule has 120 valence electrons. The molecule has 0 aliphatic carbocycles. The van der Waals surface area contributed by atoms with Crippen LogP contribution in [0.5, 0.6) is 5.75 Å². The van der Waals surface area contributed by atoms with Gasteiger partial charge in [-0.25, -0.2) is 0 Å². The molecule has 0 radical (unpaired) electrons. The first kappa shape index (κ1) is 15.1. The fourth-order valence-electron chi connectivity index (χ4n) is 2.61. The van der Waals surface area contributed by atoms with Gasteiger partial charge in [-0.1, -0.05) is 0 Å². The van der Waals surface area contributed by atoms with Crippen molar-refractivity contribution in [1.29, 1.82) is 0 Å². The van der Waals surface area contributed by atoms with E-state index in [1.54, 1.807) is 48.6 Å². The molecule has 6 heteroatoms. The maximum atomic E-state index is 12.3. The highest BCUT2D eigenvalue weighted by Gasteiger charge is 2.34. The summed E-state index contributed by atoms with van der Waals surface area (Å²) in [5, 5.41) is 2.84. The van der Waals surface area contributed by atoms with Crippen molar-refractivity contribution in [3.63, 3.8) is 0 Å². The Morgan fingerprint density at radius 2 is 2.13 bits per heavy atom. The zero-order chi connectivity index (χ0) is 16.2. The van der Waals surface area contributed by atoms with E-state index < -0.39 is 0 Å². The molecule has 0 spiro atoms. The lowest BCUT2D eigenvalue weighted by atomic mass is 10.1. The second-order valence-corrected chi connectivity index (χ2v) is 5.47. The monoisotopic (exact) mass is 314 g/mol. The van der Waals surface area contributed by atoms with Gasteiger partial charge in [-0.05, 0) is 36.4 Å². The van der Waals surface area contributed by atoms with Crippen molar-refractivity contribution >= 4 is 17.5 Å². The highest BCUT2D eigenvalue weighted by Crippen LogP contribution is 2.22. The van der Waals surface area contributed by atoms with Gasteiger partial charge in [-0.2, -0.15) is 0 Å². The third-order valence-electron chi connectivity index (χ3n) is 3.87. The van der Waals surface area contributed by atoms with Crippen LogP contribution < -0.4 is 10.1 Å². The van der Waals surface area contributed by atoms with Gasteiger partial charge in [0.05, 0.1) is 25.8 Å². The molecule has 0 bridgehead atoms. The van der Waals surface area contributed by atoms with E-state index in [-0.39, 0.29) is 24.2 Å². The summed E-state index contributed by atoms with van der Waals surface area (Å²) in [5.41, 5.74) is 0.688. The third kappa shape index (κ3) is 3.53. The number of likely N-dealkylation sites (tertiary alicyclic amines) is 1. The number of hydrogen-bond acceptors (Lipinski definition) is 4. The summed E-state index contributed by atoms with van der Waals surface area (Å²) in [6.07, 6.45) is 1.80. The molecule has 2 heterocycles. The lowest BCUT2D eigenvalue weighted by Crippen LogP contribution is -2.27. The summed E-state index contributed by atoms with van der Waals surface area (Å²) in [4.78, 5) is 26.0. The van der Waals surface area contributed by atoms with Crippen LogP contribution in [0.4, 0.5) is 5.69 Å². The molecule has 1 aromatic heterocycles. The number of anilines is 1. The van der Waals surface area contributed by atoms with Gasteiger partial charge in [-0.15, -0.1) is 0 Å². The lowest BCUT2D eigenvalue weighted by Gasteiger charge is -2.15. The number of nitrogens with one attached hydrogen (secondary N) is 1. The molecule has 1 fully saturated rings. The number of amides is 2. The molecule has 1 N–H and O–H groups in total. The summed E-state index contributed by atoms with van der Waals surface area (Å²) < 4.78 is 10.3. The molecule has 1 aliphatic heterocycles. The number of benzene rings is 1. The molecule has 6 nitrogen and oxygen atoms in total. The zero-order valence-corrected chi connectivity index (χ0v) is 12.8. The van der Waals surface area contributed by atoms with Crippen LogP contribution in [0.1, 0.15) is 12.2 Å². The topological polar surface area (TPSA) is 71.8 Å². The Morgan fingerprint density at radius 1 is 1.35 bits per heavy atom. The van der Waals surface area contributed by atoms with E-state index in [0.717, 1.165) is 11.5 Å². The average Bonchev–Trinajstić information content (AvgIpc) is 3.19. The van der Waals surface area contributed by atoms with E-state index in [9.17, 15) is 9.59 Å². The number of nitrogens with zero attached hydrogens (tertiary/aromatic N) is 1. The Morgan fingerprint density at radius 3 is 2.78 bits per heavy atom. The van der Waals surface area contributed by atoms with E-state index in [1.165, 1.54) is 0 Å². The number of ether oxygens (including phenoxy) is 1. The predicted octanol–water partition coefficient (Wildman–Crippen LogP) is 2.28. The lowest BCUT2D eigenvalue weighted by molar-refractivity contribution is -0.128. The molecule has 1 saturated heterocycles. The molecule has 23 heavy (non-hydrogen) atoms. The van der Waals surface area contributed by atoms with Crippen molar-refractivity contribution < 1.29 is 18.7 Å². The van der Waals surface area contributed by atoms with Crippen LogP contribution in [0.3, 0.4) is 0 Å². The maximum absolute atomic E-state index is 12.3. The standard InChI is InChI=1S/C17H18N2O4/c1-22-14-6-4-13(5-7-14)18-17(21)12-9-16(20)19(10-12)11-15-3-2-8-23-15/h2-8,12H,9-11H2,1H3,(H,18,21)/t12-/m0/s1. The molecule has 2 amide bonds. The van der Waals surface area contributed by atoms with Crippen molar-refractivity contribution in [3.05, 3.63) is 48.4 Å². The Kier molecular flexibility index (Phi) is 4.32. The van der Waals surface area contributed by atoms with Gasteiger partial charge >= 0.3 is 0 Å². The highest BCUT2D eigenvalue weighted by molar-refractivity contribution is 5.97. The summed E-state index contributed by atoms with van der Waals surface area (Å²) in [6.45, 7) is 0.805. The highest BCUT2D eigenvalue weighted by atomic mass is 16.5. The van der Waals surface area contributed by atoms with Crippen LogP contribution >= 0.6 is 0 Å². The van der Waals surface area contributed by atoms with Gasteiger partial charge in [0.2, 0.25) is 11.8 Å². The number of hydrogen-bond donors (Lipinski definition) is 1. The van der Waals surface area contributed by atoms with Crippen LogP contribution in [0.25, 0.3) is 0 Å². The van der Waals surface area contributed by atoms with Gasteiger partial charge in [0.1, 0.15) is 11.5 Å². The first-order chi connectivity index (χ1) is 11.2.